The summed E-state index contributed by atoms with van der Waals surface area (Å²) in [6, 6.07) is 0.109. The monoisotopic (exact) mass is 593 g/mol. The van der Waals surface area contributed by atoms with E-state index >= 15 is 0 Å². The van der Waals surface area contributed by atoms with Crippen LogP contribution in [0.15, 0.2) is 24.3 Å². The lowest BCUT2D eigenvalue weighted by Gasteiger charge is -2.28. The Morgan fingerprint density at radius 2 is 1.21 bits per heavy atom. The molecule has 0 saturated carbocycles. The zero-order valence-corrected chi connectivity index (χ0v) is 25.2. The topological polar surface area (TPSA) is 220 Å². The molecule has 0 heterocycles. The average molecular weight is 594 g/mol. The zero-order chi connectivity index (χ0) is 32.1. The van der Waals surface area contributed by atoms with Crippen LogP contribution in [0.2, 0.25) is 0 Å². The predicted molar refractivity (Wildman–Crippen MR) is 156 cm³/mol. The third-order valence-electron chi connectivity index (χ3n) is 6.46. The molecule has 5 atom stereocenters. The van der Waals surface area contributed by atoms with Crippen molar-refractivity contribution in [1.29, 1.82) is 0 Å². The lowest BCUT2D eigenvalue weighted by Crippen LogP contribution is -2.60. The number of phenolic OH excluding ortho intramolecular Hbond substituents is 1. The highest BCUT2D eigenvalue weighted by Gasteiger charge is 2.33. The molecule has 0 unspecified atom stereocenters. The van der Waals surface area contributed by atoms with Gasteiger partial charge in [0.05, 0.1) is 12.6 Å². The molecule has 0 bridgehead atoms. The highest BCUT2D eigenvalue weighted by atomic mass is 16.4. The molecule has 0 aliphatic heterocycles. The van der Waals surface area contributed by atoms with Crippen LogP contribution in [-0.4, -0.2) is 81.7 Å². The SMILES string of the molecule is CC(C)C[C@H](NC(=O)[C@@H](N)CC(C)C)C(=O)N[C@H](C(=O)N[C@@H](Cc1ccc(O)cc1)C(=O)N[C@@H](CO)C(=O)O)C(C)C. The molecule has 0 radical (unpaired) electrons. The van der Waals surface area contributed by atoms with Gasteiger partial charge in [-0.3, -0.25) is 19.2 Å². The van der Waals surface area contributed by atoms with E-state index in [1.165, 1.54) is 24.3 Å². The second-order valence-corrected chi connectivity index (χ2v) is 11.7. The smallest absolute Gasteiger partial charge is 0.328 e. The molecule has 13 nitrogen and oxygen atoms in total. The van der Waals surface area contributed by atoms with Crippen molar-refractivity contribution in [2.45, 2.75) is 91.0 Å². The van der Waals surface area contributed by atoms with E-state index in [4.69, 9.17) is 5.73 Å². The first-order valence-corrected chi connectivity index (χ1v) is 14.1. The molecule has 9 N–H and O–H groups in total. The van der Waals surface area contributed by atoms with E-state index in [0.717, 1.165) is 0 Å². The minimum atomic E-state index is -1.60. The number of aromatic hydroxyl groups is 1. The fourth-order valence-electron chi connectivity index (χ4n) is 4.18. The van der Waals surface area contributed by atoms with Crippen LogP contribution in [-0.2, 0) is 30.4 Å². The molecular weight excluding hydrogens is 546 g/mol. The number of carbonyl (C=O) groups excluding carboxylic acids is 4. The summed E-state index contributed by atoms with van der Waals surface area (Å²) in [5, 5.41) is 38.3. The number of nitrogens with one attached hydrogen (secondary N) is 4. The van der Waals surface area contributed by atoms with Gasteiger partial charge in [0.15, 0.2) is 0 Å². The van der Waals surface area contributed by atoms with Gasteiger partial charge in [0, 0.05) is 6.42 Å². The first kappa shape index (κ1) is 36.3. The first-order chi connectivity index (χ1) is 19.5. The van der Waals surface area contributed by atoms with Crippen molar-refractivity contribution in [2.75, 3.05) is 6.61 Å². The third-order valence-corrected chi connectivity index (χ3v) is 6.46. The highest BCUT2D eigenvalue weighted by Crippen LogP contribution is 2.13. The average Bonchev–Trinajstić information content (AvgIpc) is 2.89. The molecule has 1 aromatic rings. The number of benzene rings is 1. The van der Waals surface area contributed by atoms with Gasteiger partial charge in [-0.15, -0.1) is 0 Å². The van der Waals surface area contributed by atoms with Crippen LogP contribution in [0.25, 0.3) is 0 Å². The van der Waals surface area contributed by atoms with Crippen molar-refractivity contribution >= 4 is 29.6 Å². The Balaban J connectivity index is 3.18. The van der Waals surface area contributed by atoms with Gasteiger partial charge in [-0.05, 0) is 48.3 Å². The lowest BCUT2D eigenvalue weighted by atomic mass is 9.98. The normalized spacial score (nSPS) is 14.9. The summed E-state index contributed by atoms with van der Waals surface area (Å²) in [6.07, 6.45) is 0.651. The summed E-state index contributed by atoms with van der Waals surface area (Å²) in [7, 11) is 0. The number of nitrogens with two attached hydrogens (primary N) is 1. The number of carboxylic acid groups (broad SMARTS) is 1. The van der Waals surface area contributed by atoms with Crippen LogP contribution in [0, 0.1) is 17.8 Å². The number of amides is 4. The number of rotatable bonds is 17. The molecule has 0 aliphatic carbocycles. The Bertz CT molecular complexity index is 1060. The number of carbonyl (C=O) groups is 5. The van der Waals surface area contributed by atoms with Crippen molar-refractivity contribution < 1.29 is 39.3 Å². The van der Waals surface area contributed by atoms with Crippen molar-refractivity contribution in [3.05, 3.63) is 29.8 Å². The largest absolute Gasteiger partial charge is 0.508 e. The van der Waals surface area contributed by atoms with Gasteiger partial charge < -0.3 is 42.3 Å². The molecule has 1 rings (SSSR count). The van der Waals surface area contributed by atoms with Crippen LogP contribution < -0.4 is 27.0 Å². The van der Waals surface area contributed by atoms with Crippen LogP contribution in [0.3, 0.4) is 0 Å². The summed E-state index contributed by atoms with van der Waals surface area (Å²) in [5.41, 5.74) is 6.55. The summed E-state index contributed by atoms with van der Waals surface area (Å²) in [4.78, 5) is 63.9. The van der Waals surface area contributed by atoms with Gasteiger partial charge in [0.2, 0.25) is 23.6 Å². The van der Waals surface area contributed by atoms with Crippen LogP contribution in [0.5, 0.6) is 5.75 Å². The van der Waals surface area contributed by atoms with Crippen LogP contribution >= 0.6 is 0 Å². The number of carboxylic acids is 1. The minimum absolute atomic E-state index is 0.00852. The Kier molecular flexibility index (Phi) is 15.0. The maximum atomic E-state index is 13.4. The number of hydrogen-bond donors (Lipinski definition) is 8. The summed E-state index contributed by atoms with van der Waals surface area (Å²) < 4.78 is 0. The fraction of sp³-hybridized carbons (Fsp3) is 0.621. The molecule has 236 valence electrons. The van der Waals surface area contributed by atoms with E-state index in [-0.39, 0.29) is 24.0 Å². The molecular formula is C29H47N5O8. The van der Waals surface area contributed by atoms with Crippen LogP contribution in [0.1, 0.15) is 59.9 Å². The number of hydrogen-bond acceptors (Lipinski definition) is 8. The number of aliphatic hydroxyl groups excluding tert-OH is 1. The van der Waals surface area contributed by atoms with Gasteiger partial charge >= 0.3 is 5.97 Å². The van der Waals surface area contributed by atoms with Gasteiger partial charge in [0.1, 0.15) is 29.9 Å². The molecule has 0 spiro atoms. The van der Waals surface area contributed by atoms with Gasteiger partial charge in [-0.25, -0.2) is 4.79 Å². The quantitative estimate of drug-likeness (QED) is 0.122. The standard InChI is InChI=1S/C29H47N5O8/c1-15(2)11-20(30)25(37)31-21(12-16(3)4)27(39)34-24(17(5)6)28(40)32-22(13-18-7-9-19(36)10-8-18)26(38)33-23(14-35)29(41)42/h7-10,15-17,20-24,35-36H,11-14,30H2,1-6H3,(H,31,37)(H,32,40)(H,33,38)(H,34,39)(H,41,42)/t20-,21-,22-,23-,24-/m0/s1. The van der Waals surface area contributed by atoms with E-state index in [1.54, 1.807) is 13.8 Å². The van der Waals surface area contributed by atoms with E-state index in [0.29, 0.717) is 18.4 Å². The van der Waals surface area contributed by atoms with E-state index in [1.807, 2.05) is 27.7 Å². The van der Waals surface area contributed by atoms with E-state index < -0.39 is 72.3 Å². The Morgan fingerprint density at radius 3 is 1.69 bits per heavy atom. The molecule has 0 aliphatic rings. The first-order valence-electron chi connectivity index (χ1n) is 14.1. The molecule has 42 heavy (non-hydrogen) atoms. The lowest BCUT2D eigenvalue weighted by molar-refractivity contribution is -0.143. The van der Waals surface area contributed by atoms with Crippen LogP contribution in [0.4, 0.5) is 0 Å². The zero-order valence-electron chi connectivity index (χ0n) is 25.2. The second kappa shape index (κ2) is 17.3. The fourth-order valence-corrected chi connectivity index (χ4v) is 4.18. The Labute approximate surface area is 247 Å². The van der Waals surface area contributed by atoms with Crippen molar-refractivity contribution in [2.24, 2.45) is 23.5 Å². The maximum Gasteiger partial charge on any atom is 0.328 e. The number of aliphatic carboxylic acids is 1. The molecule has 0 fully saturated rings. The maximum absolute atomic E-state index is 13.4. The van der Waals surface area contributed by atoms with Crippen molar-refractivity contribution in [3.63, 3.8) is 0 Å². The third kappa shape index (κ3) is 12.4. The van der Waals surface area contributed by atoms with Crippen molar-refractivity contribution in [1.82, 2.24) is 21.3 Å². The predicted octanol–water partition coefficient (Wildman–Crippen LogP) is 0.0263. The molecule has 1 aromatic carbocycles. The Hall–Kier alpha value is -3.71. The number of aliphatic hydroxyl groups is 1. The summed E-state index contributed by atoms with van der Waals surface area (Å²) >= 11 is 0. The van der Waals surface area contributed by atoms with E-state index in [2.05, 4.69) is 21.3 Å². The van der Waals surface area contributed by atoms with Gasteiger partial charge in [-0.1, -0.05) is 53.7 Å². The van der Waals surface area contributed by atoms with Gasteiger partial charge in [0.25, 0.3) is 0 Å². The van der Waals surface area contributed by atoms with Crippen molar-refractivity contribution in [3.8, 4) is 5.75 Å². The highest BCUT2D eigenvalue weighted by molar-refractivity contribution is 5.95. The summed E-state index contributed by atoms with van der Waals surface area (Å²) in [5.74, 6) is -4.34. The molecule has 4 amide bonds. The Morgan fingerprint density at radius 1 is 0.714 bits per heavy atom. The van der Waals surface area contributed by atoms with E-state index in [9.17, 15) is 39.3 Å². The second-order valence-electron chi connectivity index (χ2n) is 11.7. The molecule has 0 saturated heterocycles. The molecule has 0 aromatic heterocycles. The minimum Gasteiger partial charge on any atom is -0.508 e. The summed E-state index contributed by atoms with van der Waals surface area (Å²) in [6.45, 7) is 10.2. The van der Waals surface area contributed by atoms with Gasteiger partial charge in [-0.2, -0.15) is 0 Å². The number of phenols is 1. The molecule has 13 heteroatoms.